The number of ketones is 1. The van der Waals surface area contributed by atoms with Crippen LogP contribution in [0.25, 0.3) is 11.2 Å². The SMILES string of the molecule is CC(C)NC(CCC(=O)O)C(=O)NC(CCC(=O)OCOCn1cnc2c(=O)[nH]c(N)nc21)C(=O)C(C)C. The van der Waals surface area contributed by atoms with Gasteiger partial charge in [-0.05, 0) is 12.8 Å². The van der Waals surface area contributed by atoms with Gasteiger partial charge in [-0.1, -0.05) is 27.7 Å². The van der Waals surface area contributed by atoms with Gasteiger partial charge in [0.15, 0.2) is 23.7 Å². The molecular weight excluding hydrogens is 502 g/mol. The number of anilines is 1. The number of nitrogen functional groups attached to an aromatic ring is 1. The van der Waals surface area contributed by atoms with Crippen molar-refractivity contribution in [2.75, 3.05) is 12.5 Å². The number of aromatic amines is 1. The van der Waals surface area contributed by atoms with Gasteiger partial charge in [0.05, 0.1) is 18.4 Å². The maximum Gasteiger partial charge on any atom is 0.307 e. The lowest BCUT2D eigenvalue weighted by Gasteiger charge is -2.25. The normalized spacial score (nSPS) is 13.0. The molecule has 0 fully saturated rings. The lowest BCUT2D eigenvalue weighted by molar-refractivity contribution is -0.159. The first-order valence-electron chi connectivity index (χ1n) is 12.1. The van der Waals surface area contributed by atoms with Crippen LogP contribution in [0.3, 0.4) is 0 Å². The zero-order valence-electron chi connectivity index (χ0n) is 21.9. The minimum Gasteiger partial charge on any atom is -0.481 e. The smallest absolute Gasteiger partial charge is 0.307 e. The molecule has 15 nitrogen and oxygen atoms in total. The van der Waals surface area contributed by atoms with Gasteiger partial charge in [-0.2, -0.15) is 4.98 Å². The minimum atomic E-state index is -1.04. The van der Waals surface area contributed by atoms with E-state index >= 15 is 0 Å². The van der Waals surface area contributed by atoms with E-state index in [1.807, 2.05) is 13.8 Å². The van der Waals surface area contributed by atoms with E-state index < -0.39 is 48.2 Å². The number of Topliss-reactive ketones (excluding diaryl/α,β-unsaturated/α-hetero) is 1. The van der Waals surface area contributed by atoms with Gasteiger partial charge in [0, 0.05) is 24.8 Å². The maximum absolute atomic E-state index is 12.8. The summed E-state index contributed by atoms with van der Waals surface area (Å²) in [6, 6.07) is -1.86. The second kappa shape index (κ2) is 14.2. The van der Waals surface area contributed by atoms with E-state index in [2.05, 4.69) is 25.6 Å². The fourth-order valence-corrected chi connectivity index (χ4v) is 3.56. The molecule has 0 saturated heterocycles. The topological polar surface area (TPSA) is 221 Å². The molecule has 0 aliphatic rings. The third kappa shape index (κ3) is 9.23. The van der Waals surface area contributed by atoms with E-state index in [1.54, 1.807) is 13.8 Å². The van der Waals surface area contributed by atoms with Crippen LogP contribution < -0.4 is 21.9 Å². The summed E-state index contributed by atoms with van der Waals surface area (Å²) < 4.78 is 11.8. The third-order valence-electron chi connectivity index (χ3n) is 5.39. The van der Waals surface area contributed by atoms with Crippen molar-refractivity contribution < 1.29 is 33.8 Å². The van der Waals surface area contributed by atoms with Crippen LogP contribution in [0, 0.1) is 5.92 Å². The fraction of sp³-hybridized carbons (Fsp3) is 0.609. The Bertz CT molecular complexity index is 1190. The molecule has 0 saturated carbocycles. The molecule has 1 amide bonds. The number of carboxylic acid groups (broad SMARTS) is 1. The number of carbonyl (C=O) groups excluding carboxylic acids is 3. The van der Waals surface area contributed by atoms with Crippen LogP contribution in [0.15, 0.2) is 11.1 Å². The predicted molar refractivity (Wildman–Crippen MR) is 135 cm³/mol. The maximum atomic E-state index is 12.8. The Labute approximate surface area is 218 Å². The number of nitrogens with two attached hydrogens (primary N) is 1. The summed E-state index contributed by atoms with van der Waals surface area (Å²) in [4.78, 5) is 70.8. The standard InChI is InChI=1S/C23H35N7O8/c1-12(2)19(34)14(27-21(35)15(26-13(3)4)5-7-16(31)32)6-8-17(33)38-11-37-10-30-9-25-18-20(30)28-23(24)29-22(18)36/h9,12-15,26H,5-8,10-11H2,1-4H3,(H,27,35)(H,31,32)(H3,24,28,29,36). The van der Waals surface area contributed by atoms with Crippen molar-refractivity contribution in [2.45, 2.75) is 78.2 Å². The van der Waals surface area contributed by atoms with Gasteiger partial charge in [0.1, 0.15) is 6.73 Å². The molecule has 210 valence electrons. The molecular formula is C23H35N7O8. The number of aromatic nitrogens is 4. The zero-order chi connectivity index (χ0) is 28.4. The van der Waals surface area contributed by atoms with E-state index in [0.29, 0.717) is 0 Å². The van der Waals surface area contributed by atoms with Crippen molar-refractivity contribution in [3.8, 4) is 0 Å². The van der Waals surface area contributed by atoms with E-state index in [0.717, 1.165) is 0 Å². The summed E-state index contributed by atoms with van der Waals surface area (Å²) >= 11 is 0. The largest absolute Gasteiger partial charge is 0.481 e. The van der Waals surface area contributed by atoms with Crippen molar-refractivity contribution in [3.63, 3.8) is 0 Å². The van der Waals surface area contributed by atoms with Crippen LogP contribution in [0.4, 0.5) is 5.95 Å². The predicted octanol–water partition coefficient (Wildman–Crippen LogP) is -0.102. The summed E-state index contributed by atoms with van der Waals surface area (Å²) in [5.74, 6) is -2.97. The van der Waals surface area contributed by atoms with Crippen LogP contribution in [0.2, 0.25) is 0 Å². The van der Waals surface area contributed by atoms with Crippen LogP contribution in [-0.2, 0) is 35.4 Å². The van der Waals surface area contributed by atoms with Gasteiger partial charge in [0.25, 0.3) is 5.56 Å². The first-order valence-corrected chi connectivity index (χ1v) is 12.1. The average molecular weight is 538 g/mol. The van der Waals surface area contributed by atoms with Crippen molar-refractivity contribution in [1.29, 1.82) is 0 Å². The number of H-pyrrole nitrogens is 1. The highest BCUT2D eigenvalue weighted by Crippen LogP contribution is 2.10. The summed E-state index contributed by atoms with van der Waals surface area (Å²) in [7, 11) is 0. The minimum absolute atomic E-state index is 0.00690. The molecule has 2 aromatic rings. The molecule has 2 unspecified atom stereocenters. The van der Waals surface area contributed by atoms with Crippen molar-refractivity contribution in [3.05, 3.63) is 16.7 Å². The monoisotopic (exact) mass is 537 g/mol. The number of hydrogen-bond donors (Lipinski definition) is 5. The number of nitrogens with zero attached hydrogens (tertiary/aromatic N) is 3. The summed E-state index contributed by atoms with van der Waals surface area (Å²) in [5, 5.41) is 14.6. The first-order chi connectivity index (χ1) is 17.9. The second-order valence-corrected chi connectivity index (χ2v) is 9.27. The summed E-state index contributed by atoms with van der Waals surface area (Å²) in [5.41, 5.74) is 5.33. The van der Waals surface area contributed by atoms with Gasteiger partial charge >= 0.3 is 11.9 Å². The zero-order valence-corrected chi connectivity index (χ0v) is 21.9. The van der Waals surface area contributed by atoms with Crippen LogP contribution >= 0.6 is 0 Å². The number of aliphatic carboxylic acids is 1. The highest BCUT2D eigenvalue weighted by Gasteiger charge is 2.28. The summed E-state index contributed by atoms with van der Waals surface area (Å²) in [6.07, 6.45) is 0.973. The highest BCUT2D eigenvalue weighted by atomic mass is 16.7. The van der Waals surface area contributed by atoms with Crippen molar-refractivity contribution in [1.82, 2.24) is 30.2 Å². The Hall–Kier alpha value is -3.85. The number of rotatable bonds is 16. The molecule has 0 aliphatic heterocycles. The third-order valence-corrected chi connectivity index (χ3v) is 5.39. The Morgan fingerprint density at radius 1 is 1.13 bits per heavy atom. The van der Waals surface area contributed by atoms with E-state index in [4.69, 9.17) is 20.3 Å². The quantitative estimate of drug-likeness (QED) is 0.108. The second-order valence-electron chi connectivity index (χ2n) is 9.27. The number of nitrogens with one attached hydrogen (secondary N) is 3. The van der Waals surface area contributed by atoms with Crippen molar-refractivity contribution >= 4 is 40.7 Å². The number of imidazole rings is 1. The number of esters is 1. The number of ether oxygens (including phenoxy) is 2. The molecule has 0 spiro atoms. The molecule has 0 aliphatic carbocycles. The van der Waals surface area contributed by atoms with Gasteiger partial charge in [-0.15, -0.1) is 0 Å². The molecule has 38 heavy (non-hydrogen) atoms. The highest BCUT2D eigenvalue weighted by molar-refractivity contribution is 5.92. The molecule has 0 bridgehead atoms. The number of amides is 1. The Morgan fingerprint density at radius 3 is 2.45 bits per heavy atom. The number of carboxylic acids is 1. The lowest BCUT2D eigenvalue weighted by atomic mass is 9.97. The van der Waals surface area contributed by atoms with Gasteiger partial charge in [-0.25, -0.2) is 4.98 Å². The molecule has 6 N–H and O–H groups in total. The van der Waals surface area contributed by atoms with Crippen LogP contribution in [-0.4, -0.2) is 73.2 Å². The summed E-state index contributed by atoms with van der Waals surface area (Å²) in [6.45, 7) is 6.45. The van der Waals surface area contributed by atoms with Gasteiger partial charge < -0.3 is 30.9 Å². The Kier molecular flexibility index (Phi) is 11.3. The number of carbonyl (C=O) groups is 4. The lowest BCUT2D eigenvalue weighted by Crippen LogP contribution is -2.52. The van der Waals surface area contributed by atoms with Gasteiger partial charge in [0.2, 0.25) is 11.9 Å². The Balaban J connectivity index is 1.89. The van der Waals surface area contributed by atoms with E-state index in [-0.39, 0.29) is 61.4 Å². The first kappa shape index (κ1) is 30.4. The van der Waals surface area contributed by atoms with Crippen molar-refractivity contribution in [2.24, 2.45) is 5.92 Å². The molecule has 0 aromatic carbocycles. The molecule has 2 aromatic heterocycles. The van der Waals surface area contributed by atoms with Gasteiger partial charge in [-0.3, -0.25) is 33.5 Å². The van der Waals surface area contributed by atoms with E-state index in [1.165, 1.54) is 10.9 Å². The van der Waals surface area contributed by atoms with Crippen LogP contribution in [0.5, 0.6) is 0 Å². The Morgan fingerprint density at radius 2 is 1.82 bits per heavy atom. The molecule has 2 heterocycles. The van der Waals surface area contributed by atoms with E-state index in [9.17, 15) is 24.0 Å². The molecule has 0 radical (unpaired) electrons. The molecule has 15 heteroatoms. The van der Waals surface area contributed by atoms with Crippen LogP contribution in [0.1, 0.15) is 53.4 Å². The molecule has 2 atom stereocenters. The molecule has 2 rings (SSSR count). The average Bonchev–Trinajstić information content (AvgIpc) is 3.24. The fourth-order valence-electron chi connectivity index (χ4n) is 3.56. The number of fused-ring (bicyclic) bond motifs is 1. The number of hydrogen-bond acceptors (Lipinski definition) is 11.